The number of aryl methyl sites for hydroxylation is 1. The molecule has 0 radical (unpaired) electrons. The van der Waals surface area contributed by atoms with Gasteiger partial charge in [0.1, 0.15) is 45.1 Å². The molecule has 2 N–H and O–H groups in total. The van der Waals surface area contributed by atoms with Gasteiger partial charge in [0.15, 0.2) is 16.9 Å². The maximum absolute atomic E-state index is 14.7. The number of hydrogen-bond donors (Lipinski definition) is 2. The number of fused-ring (bicyclic) bond motifs is 1. The van der Waals surface area contributed by atoms with Gasteiger partial charge in [0.05, 0.1) is 0 Å². The predicted molar refractivity (Wildman–Crippen MR) is 295 cm³/mol. The van der Waals surface area contributed by atoms with Crippen molar-refractivity contribution in [3.8, 4) is 0 Å². The smallest absolute Gasteiger partial charge is 0.356 e. The zero-order valence-electron chi connectivity index (χ0n) is 42.3. The summed E-state index contributed by atoms with van der Waals surface area (Å²) in [5, 5.41) is 11.8. The van der Waals surface area contributed by atoms with Crippen LogP contribution in [0, 0.1) is 6.92 Å². The van der Waals surface area contributed by atoms with Gasteiger partial charge in [0.2, 0.25) is 6.61 Å². The van der Waals surface area contributed by atoms with Gasteiger partial charge in [-0.15, -0.1) is 23.1 Å². The molecule has 7 aromatic rings. The first-order valence-corrected chi connectivity index (χ1v) is 27.7. The highest BCUT2D eigenvalue weighted by Crippen LogP contribution is 2.43. The van der Waals surface area contributed by atoms with Gasteiger partial charge in [0.25, 0.3) is 11.8 Å². The number of β-lactam (4-membered cyclic amide) rings is 1. The first kappa shape index (κ1) is 53.5. The van der Waals surface area contributed by atoms with E-state index in [1.165, 1.54) is 46.2 Å². The van der Waals surface area contributed by atoms with E-state index in [0.29, 0.717) is 16.3 Å². The summed E-state index contributed by atoms with van der Waals surface area (Å²) >= 11 is 2.42. The van der Waals surface area contributed by atoms with Gasteiger partial charge in [-0.2, -0.15) is 8.42 Å². The van der Waals surface area contributed by atoms with Gasteiger partial charge in [0, 0.05) is 11.1 Å². The van der Waals surface area contributed by atoms with Gasteiger partial charge in [-0.1, -0.05) is 175 Å². The minimum atomic E-state index is -4.26. The van der Waals surface area contributed by atoms with E-state index in [1.807, 2.05) is 159 Å². The molecule has 18 heteroatoms. The molecular weight excluding hydrogens is 1030 g/mol. The van der Waals surface area contributed by atoms with Crippen LogP contribution in [0.5, 0.6) is 0 Å². The third-order valence-electron chi connectivity index (χ3n) is 12.3. The Labute approximate surface area is 454 Å². The number of carbonyl (C=O) groups is 4. The molecule has 1 saturated heterocycles. The predicted octanol–water partition coefficient (Wildman–Crippen LogP) is 9.82. The Balaban J connectivity index is 1.03. The van der Waals surface area contributed by atoms with Crippen LogP contribution >= 0.6 is 23.1 Å². The Hall–Kier alpha value is -8.32. The molecule has 2 aliphatic rings. The number of nitrogens with one attached hydrogen (secondary N) is 2. The van der Waals surface area contributed by atoms with Crippen molar-refractivity contribution in [2.24, 2.45) is 5.16 Å². The molecule has 0 bridgehead atoms. The summed E-state index contributed by atoms with van der Waals surface area (Å²) in [4.78, 5) is 68.3. The summed E-state index contributed by atoms with van der Waals surface area (Å²) in [5.41, 5.74) is 2.86. The number of thioether (sulfide) groups is 1. The molecule has 2 amide bonds. The molecule has 6 aromatic carbocycles. The molecule has 0 saturated carbocycles. The van der Waals surface area contributed by atoms with Gasteiger partial charge in [-0.25, -0.2) is 14.6 Å². The summed E-state index contributed by atoms with van der Waals surface area (Å²) in [6.45, 7) is 6.29. The third kappa shape index (κ3) is 12.2. The van der Waals surface area contributed by atoms with Crippen LogP contribution < -0.4 is 10.6 Å². The molecule has 0 aliphatic carbocycles. The summed E-state index contributed by atoms with van der Waals surface area (Å²) in [6.07, 6.45) is 1.36. The fourth-order valence-corrected chi connectivity index (χ4v) is 11.6. The fraction of sp³-hybridized carbons (Fsp3) is 0.186. The van der Waals surface area contributed by atoms with E-state index in [0.717, 1.165) is 28.5 Å². The van der Waals surface area contributed by atoms with Crippen LogP contribution in [0.1, 0.15) is 65.9 Å². The van der Waals surface area contributed by atoms with Crippen molar-refractivity contribution in [3.05, 3.63) is 244 Å². The normalized spacial score (nSPS) is 15.8. The van der Waals surface area contributed by atoms with Crippen LogP contribution in [-0.4, -0.2) is 77.1 Å². The SMILES string of the molecule is Cc1ccc(S(=O)(=O)OC=CC2=C(C(=O)OC(c3ccccc3)c3ccccc3)N3C(=O)C(NC(=O)C(=NOCC(=O)OC(C)(C)C)c4csc(NC(c5ccccc5)(c5ccccc5)c5ccccc5)n4)C3SC2)cc1. The van der Waals surface area contributed by atoms with Gasteiger partial charge in [-0.05, 0) is 79.3 Å². The van der Waals surface area contributed by atoms with Crippen molar-refractivity contribution >= 4 is 67.8 Å². The van der Waals surface area contributed by atoms with Crippen LogP contribution in [0.4, 0.5) is 5.13 Å². The molecule has 392 valence electrons. The van der Waals surface area contributed by atoms with E-state index in [1.54, 1.807) is 38.3 Å². The summed E-state index contributed by atoms with van der Waals surface area (Å²) in [7, 11) is -4.26. The number of rotatable bonds is 19. The Bertz CT molecular complexity index is 3310. The number of thiazole rings is 1. The maximum atomic E-state index is 14.7. The van der Waals surface area contributed by atoms with Gasteiger partial charge in [-0.3, -0.25) is 14.5 Å². The maximum Gasteiger partial charge on any atom is 0.356 e. The van der Waals surface area contributed by atoms with E-state index >= 15 is 0 Å². The number of anilines is 1. The minimum Gasteiger partial charge on any atom is -0.457 e. The topological polar surface area (TPSA) is 192 Å². The largest absolute Gasteiger partial charge is 0.457 e. The Morgan fingerprint density at radius 1 is 0.779 bits per heavy atom. The van der Waals surface area contributed by atoms with Crippen molar-refractivity contribution in [3.63, 3.8) is 0 Å². The Kier molecular flexibility index (Phi) is 16.2. The molecule has 2 unspecified atom stereocenters. The second kappa shape index (κ2) is 23.3. The van der Waals surface area contributed by atoms with Crippen molar-refractivity contribution in [1.82, 2.24) is 15.2 Å². The highest BCUT2D eigenvalue weighted by Gasteiger charge is 2.55. The molecule has 9 rings (SSSR count). The number of aromatic nitrogens is 1. The molecule has 2 aliphatic heterocycles. The molecule has 15 nitrogen and oxygen atoms in total. The number of hydrogen-bond acceptors (Lipinski definition) is 15. The number of benzene rings is 6. The first-order valence-electron chi connectivity index (χ1n) is 24.4. The van der Waals surface area contributed by atoms with Gasteiger partial charge >= 0.3 is 22.1 Å². The lowest BCUT2D eigenvalue weighted by atomic mass is 9.77. The van der Waals surface area contributed by atoms with Crippen LogP contribution in [-0.2, 0) is 53.3 Å². The number of nitrogens with zero attached hydrogens (tertiary/aromatic N) is 3. The highest BCUT2D eigenvalue weighted by atomic mass is 32.2. The summed E-state index contributed by atoms with van der Waals surface area (Å²) in [6, 6.07) is 52.7. The minimum absolute atomic E-state index is 0.0596. The zero-order valence-corrected chi connectivity index (χ0v) is 44.7. The monoisotopic (exact) mass is 1090 g/mol. The zero-order chi connectivity index (χ0) is 54.2. The lowest BCUT2D eigenvalue weighted by Crippen LogP contribution is -2.71. The van der Waals surface area contributed by atoms with Crippen LogP contribution in [0.3, 0.4) is 0 Å². The molecule has 0 spiro atoms. The number of oxime groups is 1. The molecular formula is C59H53N5O10S3. The Morgan fingerprint density at radius 2 is 1.31 bits per heavy atom. The Morgan fingerprint density at radius 3 is 1.84 bits per heavy atom. The van der Waals surface area contributed by atoms with Crippen molar-refractivity contribution in [2.45, 2.75) is 61.3 Å². The highest BCUT2D eigenvalue weighted by molar-refractivity contribution is 8.00. The second-order valence-electron chi connectivity index (χ2n) is 18.8. The number of carbonyl (C=O) groups excluding carboxylic acids is 4. The molecule has 77 heavy (non-hydrogen) atoms. The summed E-state index contributed by atoms with van der Waals surface area (Å²) < 4.78 is 43.4. The van der Waals surface area contributed by atoms with Gasteiger partial charge < -0.3 is 29.1 Å². The average molecular weight is 1090 g/mol. The first-order chi connectivity index (χ1) is 37.1. The number of allylic oxidation sites excluding steroid dienone is 1. The molecule has 1 fully saturated rings. The average Bonchev–Trinajstić information content (AvgIpc) is 3.92. The van der Waals surface area contributed by atoms with E-state index in [-0.39, 0.29) is 33.3 Å². The standard InChI is InChI=1S/C59H53N5O10S3/c1-39-30-32-46(33-31-39)77(69,70)72-35-34-42-37-75-55-50(54(67)64(55)51(42)56(68)73-52(40-20-10-5-11-21-40)41-22-12-6-13-23-41)61-53(66)49(63-71-36-48(65)74-58(2,3)4)47-38-76-57(60-47)62-59(43-24-14-7-15-25-43,44-26-16-8-17-27-44)45-28-18-9-19-29-45/h5-35,38,50,52,55H,36-37H2,1-4H3,(H,60,62)(H,61,66). The van der Waals surface area contributed by atoms with Crippen molar-refractivity contribution in [2.75, 3.05) is 17.7 Å². The van der Waals surface area contributed by atoms with Crippen LogP contribution in [0.15, 0.2) is 215 Å². The fourth-order valence-electron chi connectivity index (χ4n) is 8.77. The van der Waals surface area contributed by atoms with Crippen LogP contribution in [0.25, 0.3) is 0 Å². The van der Waals surface area contributed by atoms with E-state index < -0.39 is 69.1 Å². The third-order valence-corrected chi connectivity index (χ3v) is 15.6. The van der Waals surface area contributed by atoms with E-state index in [9.17, 15) is 27.6 Å². The lowest BCUT2D eigenvalue weighted by molar-refractivity contribution is -0.160. The van der Waals surface area contributed by atoms with E-state index in [2.05, 4.69) is 15.8 Å². The van der Waals surface area contributed by atoms with Crippen LogP contribution in [0.2, 0.25) is 0 Å². The quantitative estimate of drug-likeness (QED) is 0.0148. The molecule has 1 aromatic heterocycles. The number of amides is 2. The second-order valence-corrected chi connectivity index (χ2v) is 22.4. The lowest BCUT2D eigenvalue weighted by Gasteiger charge is -2.49. The number of esters is 2. The summed E-state index contributed by atoms with van der Waals surface area (Å²) in [5.74, 6) is -3.11. The molecule has 2 atom stereocenters. The van der Waals surface area contributed by atoms with Crippen molar-refractivity contribution < 1.29 is 46.1 Å². The number of ether oxygens (including phenoxy) is 2. The van der Waals surface area contributed by atoms with Crippen molar-refractivity contribution in [1.29, 1.82) is 0 Å². The molecule has 3 heterocycles. The van der Waals surface area contributed by atoms with E-state index in [4.69, 9.17) is 23.5 Å².